The molecule has 3 heterocycles. The van der Waals surface area contributed by atoms with Gasteiger partial charge in [-0.3, -0.25) is 4.90 Å². The van der Waals surface area contributed by atoms with Gasteiger partial charge in [-0.15, -0.1) is 11.3 Å². The number of benzene rings is 1. The Hall–Kier alpha value is -1.95. The summed E-state index contributed by atoms with van der Waals surface area (Å²) >= 11 is 1.83. The Labute approximate surface area is 152 Å². The summed E-state index contributed by atoms with van der Waals surface area (Å²) in [5.41, 5.74) is 2.83. The van der Waals surface area contributed by atoms with Gasteiger partial charge in [-0.2, -0.15) is 0 Å². The predicted molar refractivity (Wildman–Crippen MR) is 101 cm³/mol. The number of hydrogen-bond acceptors (Lipinski definition) is 4. The third-order valence-electron chi connectivity index (χ3n) is 4.82. The lowest BCUT2D eigenvalue weighted by molar-refractivity contribution is 0.184. The first-order valence-corrected chi connectivity index (χ1v) is 9.55. The standard InChI is InChI=1S/C20H23N3OS/c1-24-11-10-23-9-8-21-20(23)19-15-22(14-17-6-4-12-25-17)13-16-5-2-3-7-18(16)19/h2-9,12,19H,10-11,13-15H2,1H3/t19-/m1/s1. The Bertz CT molecular complexity index is 812. The van der Waals surface area contributed by atoms with E-state index in [1.165, 1.54) is 16.0 Å². The summed E-state index contributed by atoms with van der Waals surface area (Å²) in [7, 11) is 1.75. The molecule has 0 radical (unpaired) electrons. The molecular weight excluding hydrogens is 330 g/mol. The molecule has 1 aliphatic heterocycles. The molecule has 2 aromatic heterocycles. The quantitative estimate of drug-likeness (QED) is 0.676. The fourth-order valence-corrected chi connectivity index (χ4v) is 4.40. The number of hydrogen-bond donors (Lipinski definition) is 0. The van der Waals surface area contributed by atoms with Crippen molar-refractivity contribution in [1.82, 2.24) is 14.5 Å². The molecule has 0 unspecified atom stereocenters. The molecule has 5 heteroatoms. The molecule has 4 nitrogen and oxygen atoms in total. The van der Waals surface area contributed by atoms with Crippen molar-refractivity contribution in [3.63, 3.8) is 0 Å². The average Bonchev–Trinajstić information content (AvgIpc) is 3.31. The molecule has 0 spiro atoms. The van der Waals surface area contributed by atoms with Crippen LogP contribution in [0.5, 0.6) is 0 Å². The van der Waals surface area contributed by atoms with Crippen LogP contribution in [0, 0.1) is 0 Å². The van der Waals surface area contributed by atoms with E-state index in [0.717, 1.165) is 32.0 Å². The van der Waals surface area contributed by atoms with Crippen LogP contribution in [-0.2, 0) is 24.4 Å². The van der Waals surface area contributed by atoms with E-state index < -0.39 is 0 Å². The van der Waals surface area contributed by atoms with Crippen LogP contribution in [0.2, 0.25) is 0 Å². The molecule has 1 atom stereocenters. The zero-order chi connectivity index (χ0) is 17.1. The molecule has 1 aromatic carbocycles. The first-order chi connectivity index (χ1) is 12.3. The van der Waals surface area contributed by atoms with Gasteiger partial charge in [-0.25, -0.2) is 4.98 Å². The number of fused-ring (bicyclic) bond motifs is 1. The van der Waals surface area contributed by atoms with Gasteiger partial charge < -0.3 is 9.30 Å². The van der Waals surface area contributed by atoms with Crippen LogP contribution in [0.4, 0.5) is 0 Å². The molecule has 25 heavy (non-hydrogen) atoms. The van der Waals surface area contributed by atoms with Gasteiger partial charge in [0.05, 0.1) is 12.5 Å². The smallest absolute Gasteiger partial charge is 0.117 e. The van der Waals surface area contributed by atoms with Crippen LogP contribution in [0.15, 0.2) is 54.2 Å². The monoisotopic (exact) mass is 353 g/mol. The second-order valence-electron chi connectivity index (χ2n) is 6.47. The first kappa shape index (κ1) is 16.5. The van der Waals surface area contributed by atoms with E-state index in [4.69, 9.17) is 9.72 Å². The summed E-state index contributed by atoms with van der Waals surface area (Å²) in [6.45, 7) is 4.55. The number of nitrogens with zero attached hydrogens (tertiary/aromatic N) is 3. The van der Waals surface area contributed by atoms with Gasteiger partial charge in [-0.05, 0) is 22.6 Å². The SMILES string of the molecule is COCCn1ccnc1[C@@H]1CN(Cc2cccs2)Cc2ccccc21. The van der Waals surface area contributed by atoms with Gasteiger partial charge in [0.25, 0.3) is 0 Å². The minimum atomic E-state index is 0.303. The predicted octanol–water partition coefficient (Wildman–Crippen LogP) is 3.74. The highest BCUT2D eigenvalue weighted by Crippen LogP contribution is 2.33. The van der Waals surface area contributed by atoms with E-state index in [9.17, 15) is 0 Å². The Balaban J connectivity index is 1.64. The molecule has 0 amide bonds. The van der Waals surface area contributed by atoms with Gasteiger partial charge >= 0.3 is 0 Å². The van der Waals surface area contributed by atoms with E-state index in [1.807, 2.05) is 17.5 Å². The van der Waals surface area contributed by atoms with Gasteiger partial charge in [0.1, 0.15) is 5.82 Å². The third kappa shape index (κ3) is 3.54. The number of thiophene rings is 1. The number of rotatable bonds is 6. The lowest BCUT2D eigenvalue weighted by Crippen LogP contribution is -2.34. The highest BCUT2D eigenvalue weighted by atomic mass is 32.1. The van der Waals surface area contributed by atoms with E-state index in [-0.39, 0.29) is 0 Å². The van der Waals surface area contributed by atoms with E-state index in [0.29, 0.717) is 12.5 Å². The van der Waals surface area contributed by atoms with E-state index in [2.05, 4.69) is 57.4 Å². The molecule has 0 bridgehead atoms. The highest BCUT2D eigenvalue weighted by Gasteiger charge is 2.29. The van der Waals surface area contributed by atoms with Gasteiger partial charge in [0, 0.05) is 50.6 Å². The molecule has 130 valence electrons. The van der Waals surface area contributed by atoms with E-state index in [1.54, 1.807) is 7.11 Å². The Kier molecular flexibility index (Phi) is 4.97. The summed E-state index contributed by atoms with van der Waals surface area (Å²) < 4.78 is 7.50. The molecule has 3 aromatic rings. The lowest BCUT2D eigenvalue weighted by atomic mass is 9.89. The van der Waals surface area contributed by atoms with Crippen LogP contribution in [0.3, 0.4) is 0 Å². The molecule has 4 rings (SSSR count). The number of ether oxygens (including phenoxy) is 1. The number of aromatic nitrogens is 2. The van der Waals surface area contributed by atoms with Gasteiger partial charge in [0.2, 0.25) is 0 Å². The molecule has 0 saturated heterocycles. The second-order valence-corrected chi connectivity index (χ2v) is 7.50. The van der Waals surface area contributed by atoms with Crippen LogP contribution in [0.25, 0.3) is 0 Å². The molecule has 0 aliphatic carbocycles. The molecular formula is C20H23N3OS. The maximum Gasteiger partial charge on any atom is 0.117 e. The summed E-state index contributed by atoms with van der Waals surface area (Å²) in [5.74, 6) is 1.44. The van der Waals surface area contributed by atoms with Crippen molar-refractivity contribution in [2.45, 2.75) is 25.6 Å². The summed E-state index contributed by atoms with van der Waals surface area (Å²) in [4.78, 5) is 8.66. The van der Waals surface area contributed by atoms with Crippen LogP contribution in [0.1, 0.15) is 27.7 Å². The fraction of sp³-hybridized carbons (Fsp3) is 0.350. The minimum absolute atomic E-state index is 0.303. The minimum Gasteiger partial charge on any atom is -0.383 e. The largest absolute Gasteiger partial charge is 0.383 e. The molecule has 1 aliphatic rings. The van der Waals surface area contributed by atoms with Crippen molar-refractivity contribution in [1.29, 1.82) is 0 Å². The number of methoxy groups -OCH3 is 1. The maximum atomic E-state index is 5.26. The van der Waals surface area contributed by atoms with Crippen molar-refractivity contribution < 1.29 is 4.74 Å². The Morgan fingerprint density at radius 1 is 1.24 bits per heavy atom. The van der Waals surface area contributed by atoms with Crippen molar-refractivity contribution in [2.24, 2.45) is 0 Å². The van der Waals surface area contributed by atoms with Crippen LogP contribution >= 0.6 is 11.3 Å². The van der Waals surface area contributed by atoms with Crippen molar-refractivity contribution >= 4 is 11.3 Å². The zero-order valence-corrected chi connectivity index (χ0v) is 15.3. The van der Waals surface area contributed by atoms with E-state index >= 15 is 0 Å². The van der Waals surface area contributed by atoms with Gasteiger partial charge in [0.15, 0.2) is 0 Å². The maximum absolute atomic E-state index is 5.26. The van der Waals surface area contributed by atoms with Crippen LogP contribution < -0.4 is 0 Å². The Morgan fingerprint density at radius 3 is 3.00 bits per heavy atom. The van der Waals surface area contributed by atoms with Crippen molar-refractivity contribution in [3.05, 3.63) is 76.0 Å². The molecule has 0 saturated carbocycles. The fourth-order valence-electron chi connectivity index (χ4n) is 3.65. The first-order valence-electron chi connectivity index (χ1n) is 8.67. The Morgan fingerprint density at radius 2 is 2.16 bits per heavy atom. The van der Waals surface area contributed by atoms with Gasteiger partial charge in [-0.1, -0.05) is 30.3 Å². The summed E-state index contributed by atoms with van der Waals surface area (Å²) in [5, 5.41) is 2.15. The highest BCUT2D eigenvalue weighted by molar-refractivity contribution is 7.09. The number of imidazole rings is 1. The molecule has 0 N–H and O–H groups in total. The second kappa shape index (κ2) is 7.52. The summed E-state index contributed by atoms with van der Waals surface area (Å²) in [6.07, 6.45) is 3.97. The van der Waals surface area contributed by atoms with Crippen molar-refractivity contribution in [2.75, 3.05) is 20.3 Å². The topological polar surface area (TPSA) is 30.3 Å². The lowest BCUT2D eigenvalue weighted by Gasteiger charge is -2.34. The molecule has 0 fully saturated rings. The summed E-state index contributed by atoms with van der Waals surface area (Å²) in [6, 6.07) is 13.2. The van der Waals surface area contributed by atoms with Crippen LogP contribution in [-0.4, -0.2) is 34.7 Å². The normalized spacial score (nSPS) is 17.6. The third-order valence-corrected chi connectivity index (χ3v) is 5.68. The van der Waals surface area contributed by atoms with Crippen molar-refractivity contribution in [3.8, 4) is 0 Å². The average molecular weight is 353 g/mol. The zero-order valence-electron chi connectivity index (χ0n) is 14.5.